The van der Waals surface area contributed by atoms with Gasteiger partial charge in [-0.25, -0.2) is 4.98 Å². The largest absolute Gasteiger partial charge is 0.390 e. The highest BCUT2D eigenvalue weighted by Gasteiger charge is 2.17. The molecule has 2 N–H and O–H groups in total. The SMILES string of the molecule is CC(C)(O)CCn1cc2cc(NC(=O)c3csc(Br)n3)c(-c3ccsc3)cc2n1. The van der Waals surface area contributed by atoms with Crippen LogP contribution in [0.2, 0.25) is 0 Å². The summed E-state index contributed by atoms with van der Waals surface area (Å²) in [5.74, 6) is -0.253. The molecule has 150 valence electrons. The number of aliphatic hydroxyl groups is 1. The Bertz CT molecular complexity index is 1160. The standard InChI is InChI=1S/C20H19BrN4O2S2/c1-20(2,27)4-5-25-9-13-7-16(22-18(26)17-11-29-19(21)23-17)14(8-15(13)24-25)12-3-6-28-10-12/h3,6-11,27H,4-5H2,1-2H3,(H,22,26). The average molecular weight is 491 g/mol. The van der Waals surface area contributed by atoms with Crippen molar-refractivity contribution >= 4 is 61.1 Å². The topological polar surface area (TPSA) is 80.0 Å². The normalized spacial score (nSPS) is 11.9. The van der Waals surface area contributed by atoms with E-state index in [0.717, 1.165) is 22.0 Å². The molecule has 0 spiro atoms. The van der Waals surface area contributed by atoms with Crippen molar-refractivity contribution < 1.29 is 9.90 Å². The molecule has 0 aliphatic carbocycles. The second kappa shape index (κ2) is 7.98. The molecular formula is C20H19BrN4O2S2. The third-order valence-corrected chi connectivity index (χ3v) is 6.48. The lowest BCUT2D eigenvalue weighted by Crippen LogP contribution is -2.21. The van der Waals surface area contributed by atoms with Gasteiger partial charge >= 0.3 is 0 Å². The average Bonchev–Trinajstić information content (AvgIpc) is 3.38. The molecular weight excluding hydrogens is 472 g/mol. The number of nitrogens with zero attached hydrogens (tertiary/aromatic N) is 3. The highest BCUT2D eigenvalue weighted by Crippen LogP contribution is 2.34. The highest BCUT2D eigenvalue weighted by atomic mass is 79.9. The number of aryl methyl sites for hydroxylation is 1. The number of nitrogens with one attached hydrogen (secondary N) is 1. The van der Waals surface area contributed by atoms with E-state index in [0.29, 0.717) is 28.3 Å². The number of aromatic nitrogens is 3. The molecule has 3 heterocycles. The van der Waals surface area contributed by atoms with Crippen LogP contribution in [0.5, 0.6) is 0 Å². The fourth-order valence-electron chi connectivity index (χ4n) is 2.93. The minimum absolute atomic E-state index is 0.253. The van der Waals surface area contributed by atoms with Gasteiger partial charge in [-0.1, -0.05) is 0 Å². The van der Waals surface area contributed by atoms with Crippen molar-refractivity contribution in [2.75, 3.05) is 5.32 Å². The molecule has 4 rings (SSSR count). The summed E-state index contributed by atoms with van der Waals surface area (Å²) in [6, 6.07) is 5.95. The number of thiazole rings is 1. The number of amides is 1. The number of anilines is 1. The second-order valence-electron chi connectivity index (χ2n) is 7.36. The number of rotatable bonds is 6. The van der Waals surface area contributed by atoms with Crippen LogP contribution in [0.25, 0.3) is 22.0 Å². The summed E-state index contributed by atoms with van der Waals surface area (Å²) < 4.78 is 2.51. The van der Waals surface area contributed by atoms with Crippen molar-refractivity contribution in [3.8, 4) is 11.1 Å². The lowest BCUT2D eigenvalue weighted by molar-refractivity contribution is 0.0651. The van der Waals surface area contributed by atoms with Crippen LogP contribution in [-0.2, 0) is 6.54 Å². The van der Waals surface area contributed by atoms with Crippen LogP contribution in [0, 0.1) is 0 Å². The quantitative estimate of drug-likeness (QED) is 0.379. The van der Waals surface area contributed by atoms with E-state index >= 15 is 0 Å². The fraction of sp³-hybridized carbons (Fsp3) is 0.250. The molecule has 0 unspecified atom stereocenters. The molecule has 0 bridgehead atoms. The first-order valence-corrected chi connectivity index (χ1v) is 11.6. The van der Waals surface area contributed by atoms with E-state index in [1.807, 2.05) is 39.8 Å². The van der Waals surface area contributed by atoms with Crippen LogP contribution < -0.4 is 5.32 Å². The molecule has 29 heavy (non-hydrogen) atoms. The molecule has 6 nitrogen and oxygen atoms in total. The van der Waals surface area contributed by atoms with Crippen molar-refractivity contribution in [1.29, 1.82) is 0 Å². The molecule has 0 aliphatic rings. The molecule has 0 saturated carbocycles. The highest BCUT2D eigenvalue weighted by molar-refractivity contribution is 9.11. The Morgan fingerprint density at radius 3 is 2.83 bits per heavy atom. The van der Waals surface area contributed by atoms with E-state index in [1.165, 1.54) is 11.3 Å². The third kappa shape index (κ3) is 4.75. The Morgan fingerprint density at radius 1 is 1.34 bits per heavy atom. The van der Waals surface area contributed by atoms with E-state index < -0.39 is 5.60 Å². The van der Waals surface area contributed by atoms with Gasteiger partial charge < -0.3 is 10.4 Å². The third-order valence-electron chi connectivity index (χ3n) is 4.43. The van der Waals surface area contributed by atoms with Gasteiger partial charge in [0.15, 0.2) is 3.92 Å². The number of carbonyl (C=O) groups is 1. The number of hydrogen-bond donors (Lipinski definition) is 2. The predicted molar refractivity (Wildman–Crippen MR) is 122 cm³/mol. The second-order valence-corrected chi connectivity index (χ2v) is 10.3. The Morgan fingerprint density at radius 2 is 2.17 bits per heavy atom. The van der Waals surface area contributed by atoms with Crippen molar-refractivity contribution in [1.82, 2.24) is 14.8 Å². The maximum absolute atomic E-state index is 12.7. The van der Waals surface area contributed by atoms with Crippen LogP contribution in [-0.4, -0.2) is 31.4 Å². The molecule has 0 aliphatic heterocycles. The first-order valence-electron chi connectivity index (χ1n) is 8.97. The maximum atomic E-state index is 12.7. The Kier molecular flexibility index (Phi) is 5.56. The van der Waals surface area contributed by atoms with Gasteiger partial charge in [-0.15, -0.1) is 11.3 Å². The fourth-order valence-corrected chi connectivity index (χ4v) is 4.57. The first kappa shape index (κ1) is 20.2. The van der Waals surface area contributed by atoms with Gasteiger partial charge in [-0.2, -0.15) is 16.4 Å². The summed E-state index contributed by atoms with van der Waals surface area (Å²) in [7, 11) is 0. The van der Waals surface area contributed by atoms with Crippen LogP contribution in [0.4, 0.5) is 5.69 Å². The number of thiophene rings is 1. The van der Waals surface area contributed by atoms with Gasteiger partial charge in [0.1, 0.15) is 5.69 Å². The molecule has 1 aromatic carbocycles. The van der Waals surface area contributed by atoms with Crippen molar-refractivity contribution in [3.63, 3.8) is 0 Å². The van der Waals surface area contributed by atoms with Crippen LogP contribution in [0.3, 0.4) is 0 Å². The summed E-state index contributed by atoms with van der Waals surface area (Å²) in [6.07, 6.45) is 2.54. The molecule has 0 atom stereocenters. The van der Waals surface area contributed by atoms with E-state index in [2.05, 4.69) is 31.3 Å². The number of fused-ring (bicyclic) bond motifs is 1. The zero-order valence-electron chi connectivity index (χ0n) is 15.8. The molecule has 9 heteroatoms. The lowest BCUT2D eigenvalue weighted by atomic mass is 10.0. The Labute approximate surface area is 184 Å². The zero-order chi connectivity index (χ0) is 20.6. The minimum Gasteiger partial charge on any atom is -0.390 e. The summed E-state index contributed by atoms with van der Waals surface area (Å²) in [6.45, 7) is 4.19. The first-order chi connectivity index (χ1) is 13.8. The van der Waals surface area contributed by atoms with E-state index in [1.54, 1.807) is 30.6 Å². The van der Waals surface area contributed by atoms with Crippen molar-refractivity contribution in [3.05, 3.63) is 50.1 Å². The molecule has 4 aromatic rings. The van der Waals surface area contributed by atoms with Gasteiger partial charge in [-0.05, 0) is 70.7 Å². The number of halogens is 1. The van der Waals surface area contributed by atoms with Crippen LogP contribution in [0.1, 0.15) is 30.8 Å². The van der Waals surface area contributed by atoms with Gasteiger partial charge in [-0.3, -0.25) is 9.48 Å². The van der Waals surface area contributed by atoms with Crippen molar-refractivity contribution in [2.24, 2.45) is 0 Å². The molecule has 0 radical (unpaired) electrons. The van der Waals surface area contributed by atoms with E-state index in [4.69, 9.17) is 0 Å². The van der Waals surface area contributed by atoms with Gasteiger partial charge in [0, 0.05) is 34.8 Å². The number of hydrogen-bond acceptors (Lipinski definition) is 6. The van der Waals surface area contributed by atoms with E-state index in [-0.39, 0.29) is 5.91 Å². The smallest absolute Gasteiger partial charge is 0.275 e. The molecule has 0 saturated heterocycles. The van der Waals surface area contributed by atoms with Gasteiger partial charge in [0.05, 0.1) is 11.1 Å². The molecule has 0 fully saturated rings. The lowest BCUT2D eigenvalue weighted by Gasteiger charge is -2.16. The van der Waals surface area contributed by atoms with E-state index in [9.17, 15) is 9.90 Å². The Balaban J connectivity index is 1.71. The van der Waals surface area contributed by atoms with Crippen molar-refractivity contribution in [2.45, 2.75) is 32.4 Å². The van der Waals surface area contributed by atoms with Crippen LogP contribution >= 0.6 is 38.6 Å². The summed E-state index contributed by atoms with van der Waals surface area (Å²) in [5.41, 5.74) is 3.12. The zero-order valence-corrected chi connectivity index (χ0v) is 19.1. The maximum Gasteiger partial charge on any atom is 0.275 e. The monoisotopic (exact) mass is 490 g/mol. The van der Waals surface area contributed by atoms with Crippen LogP contribution in [0.15, 0.2) is 44.5 Å². The minimum atomic E-state index is -0.749. The number of benzene rings is 1. The van der Waals surface area contributed by atoms with Gasteiger partial charge in [0.25, 0.3) is 5.91 Å². The summed E-state index contributed by atoms with van der Waals surface area (Å²) >= 11 is 6.27. The summed E-state index contributed by atoms with van der Waals surface area (Å²) in [4.78, 5) is 16.9. The molecule has 3 aromatic heterocycles. The Hall–Kier alpha value is -2.07. The van der Waals surface area contributed by atoms with Gasteiger partial charge in [0.2, 0.25) is 0 Å². The predicted octanol–water partition coefficient (Wildman–Crippen LogP) is 5.40. The molecule has 1 amide bonds. The summed E-state index contributed by atoms with van der Waals surface area (Å²) in [5, 5.41) is 24.3. The number of carbonyl (C=O) groups excluding carboxylic acids is 1.